The quantitative estimate of drug-likeness (QED) is 0.499. The van der Waals surface area contributed by atoms with Crippen LogP contribution in [0.25, 0.3) is 0 Å². The van der Waals surface area contributed by atoms with Gasteiger partial charge in [-0.2, -0.15) is 0 Å². The van der Waals surface area contributed by atoms with Gasteiger partial charge in [0.05, 0.1) is 12.3 Å². The third-order valence-electron chi connectivity index (χ3n) is 5.99. The first-order valence-electron chi connectivity index (χ1n) is 9.93. The van der Waals surface area contributed by atoms with Crippen molar-refractivity contribution in [3.8, 4) is 0 Å². The molecule has 0 saturated heterocycles. The summed E-state index contributed by atoms with van der Waals surface area (Å²) in [5.74, 6) is 1.52. The number of carbonyl (C=O) groups is 1. The normalized spacial score (nSPS) is 12.0. The highest BCUT2D eigenvalue weighted by Gasteiger charge is 2.20. The molecule has 1 N–H and O–H groups in total. The van der Waals surface area contributed by atoms with E-state index in [9.17, 15) is 4.79 Å². The Morgan fingerprint density at radius 3 is 2.28 bits per heavy atom. The monoisotopic (exact) mass is 391 g/mol. The lowest BCUT2D eigenvalue weighted by molar-refractivity contribution is 0.0902. The highest BCUT2D eigenvalue weighted by Crippen LogP contribution is 2.28. The zero-order valence-corrected chi connectivity index (χ0v) is 17.9. The highest BCUT2D eigenvalue weighted by atomic mass is 16.4. The molecule has 0 spiro atoms. The Bertz CT molecular complexity index is 996. The summed E-state index contributed by atoms with van der Waals surface area (Å²) in [4.78, 5) is 12.7. The molecule has 0 aliphatic carbocycles. The molecule has 0 aliphatic heterocycles. The van der Waals surface area contributed by atoms with E-state index in [2.05, 4.69) is 46.5 Å². The van der Waals surface area contributed by atoms with E-state index in [1.54, 1.807) is 24.5 Å². The summed E-state index contributed by atoms with van der Waals surface area (Å²) in [7, 11) is 0. The first-order valence-corrected chi connectivity index (χ1v) is 9.93. The zero-order valence-electron chi connectivity index (χ0n) is 17.9. The Morgan fingerprint density at radius 2 is 1.69 bits per heavy atom. The predicted octanol–water partition coefficient (Wildman–Crippen LogP) is 6.05. The lowest BCUT2D eigenvalue weighted by atomic mass is 9.88. The summed E-state index contributed by atoms with van der Waals surface area (Å²) in [6, 6.07) is 6.99. The molecule has 1 atom stereocenters. The van der Waals surface area contributed by atoms with Crippen LogP contribution in [0.3, 0.4) is 0 Å². The third kappa shape index (κ3) is 4.21. The molecule has 1 aromatic carbocycles. The minimum atomic E-state index is -0.268. The van der Waals surface area contributed by atoms with E-state index < -0.39 is 0 Å². The maximum absolute atomic E-state index is 12.7. The van der Waals surface area contributed by atoms with Gasteiger partial charge in [-0.05, 0) is 98.7 Å². The van der Waals surface area contributed by atoms with Gasteiger partial charge in [0.15, 0.2) is 5.76 Å². The molecule has 0 aliphatic rings. The molecule has 2 heterocycles. The number of hydrogen-bond acceptors (Lipinski definition) is 3. The molecule has 0 saturated carbocycles. The smallest absolute Gasteiger partial charge is 0.287 e. The number of carbonyl (C=O) groups excluding carboxylic acids is 1. The number of amides is 1. The Labute approximate surface area is 172 Å². The van der Waals surface area contributed by atoms with Gasteiger partial charge in [0, 0.05) is 6.42 Å². The largest absolute Gasteiger partial charge is 0.467 e. The molecule has 0 radical (unpaired) electrons. The van der Waals surface area contributed by atoms with Crippen LogP contribution >= 0.6 is 0 Å². The molecule has 3 aromatic rings. The van der Waals surface area contributed by atoms with E-state index in [4.69, 9.17) is 8.83 Å². The molecule has 4 nitrogen and oxygen atoms in total. The second-order valence-electron chi connectivity index (χ2n) is 7.61. The van der Waals surface area contributed by atoms with Crippen molar-refractivity contribution in [2.75, 3.05) is 0 Å². The van der Waals surface area contributed by atoms with Crippen molar-refractivity contribution in [1.82, 2.24) is 5.32 Å². The van der Waals surface area contributed by atoms with E-state index in [1.165, 1.54) is 33.4 Å². The first-order chi connectivity index (χ1) is 13.8. The summed E-state index contributed by atoms with van der Waals surface area (Å²) >= 11 is 0. The van der Waals surface area contributed by atoms with E-state index >= 15 is 0 Å². The molecule has 152 valence electrons. The summed E-state index contributed by atoms with van der Waals surface area (Å²) in [6.45, 7) is 14.6. The second-order valence-corrected chi connectivity index (χ2v) is 7.61. The number of benzene rings is 1. The number of nitrogens with one attached hydrogen (secondary N) is 1. The molecule has 2 aromatic heterocycles. The molecule has 1 unspecified atom stereocenters. The van der Waals surface area contributed by atoms with Gasteiger partial charge in [-0.3, -0.25) is 4.79 Å². The molecule has 1 amide bonds. The fraction of sp³-hybridized carbons (Fsp3) is 0.320. The van der Waals surface area contributed by atoms with E-state index in [0.29, 0.717) is 24.4 Å². The van der Waals surface area contributed by atoms with Crippen LogP contribution in [0.2, 0.25) is 0 Å². The van der Waals surface area contributed by atoms with Crippen LogP contribution in [0.5, 0.6) is 0 Å². The van der Waals surface area contributed by atoms with Gasteiger partial charge >= 0.3 is 0 Å². The van der Waals surface area contributed by atoms with E-state index in [-0.39, 0.29) is 11.9 Å². The molecular weight excluding hydrogens is 362 g/mol. The lowest BCUT2D eigenvalue weighted by Crippen LogP contribution is -2.27. The van der Waals surface area contributed by atoms with Crippen molar-refractivity contribution >= 4 is 5.91 Å². The van der Waals surface area contributed by atoms with Crippen LogP contribution in [0, 0.1) is 34.6 Å². The van der Waals surface area contributed by atoms with E-state index in [0.717, 1.165) is 5.76 Å². The molecule has 0 bridgehead atoms. The Kier molecular flexibility index (Phi) is 6.12. The van der Waals surface area contributed by atoms with Crippen LogP contribution in [-0.2, 0) is 6.42 Å². The van der Waals surface area contributed by atoms with Crippen molar-refractivity contribution < 1.29 is 13.6 Å². The molecule has 3 rings (SSSR count). The van der Waals surface area contributed by atoms with Crippen LogP contribution in [0.4, 0.5) is 0 Å². The minimum Gasteiger partial charge on any atom is -0.467 e. The van der Waals surface area contributed by atoms with E-state index in [1.807, 2.05) is 12.1 Å². The standard InChI is InChI=1S/C25H29NO3/c1-7-9-22(23-10-8-13-28-23)26-25(27)24-12-11-20(29-24)14-21-18(5)16(3)15(2)17(4)19(21)6/h7-8,10-13,22H,1,9,14H2,2-6H3,(H,26,27). The topological polar surface area (TPSA) is 55.4 Å². The Balaban J connectivity index is 1.79. The van der Waals surface area contributed by atoms with Crippen LogP contribution < -0.4 is 5.32 Å². The fourth-order valence-electron chi connectivity index (χ4n) is 3.74. The number of furan rings is 2. The summed E-state index contributed by atoms with van der Waals surface area (Å²) in [5.41, 5.74) is 7.83. The van der Waals surface area contributed by atoms with Crippen molar-refractivity contribution in [1.29, 1.82) is 0 Å². The SMILES string of the molecule is C=CCC(NC(=O)c1ccc(Cc2c(C)c(C)c(C)c(C)c2C)o1)c1ccco1. The van der Waals surface area contributed by atoms with Gasteiger partial charge in [0.25, 0.3) is 5.91 Å². The average Bonchev–Trinajstić information content (AvgIpc) is 3.40. The maximum atomic E-state index is 12.7. The van der Waals surface area contributed by atoms with Gasteiger partial charge < -0.3 is 14.2 Å². The fourth-order valence-corrected chi connectivity index (χ4v) is 3.74. The van der Waals surface area contributed by atoms with Crippen LogP contribution in [0.1, 0.15) is 67.9 Å². The van der Waals surface area contributed by atoms with Gasteiger partial charge in [0.1, 0.15) is 11.5 Å². The van der Waals surface area contributed by atoms with Crippen molar-refractivity contribution in [2.45, 2.75) is 53.5 Å². The van der Waals surface area contributed by atoms with Gasteiger partial charge in [-0.15, -0.1) is 6.58 Å². The minimum absolute atomic E-state index is 0.260. The van der Waals surface area contributed by atoms with Crippen molar-refractivity contribution in [3.63, 3.8) is 0 Å². The lowest BCUT2D eigenvalue weighted by Gasteiger charge is -2.18. The first kappa shape index (κ1) is 20.7. The van der Waals surface area contributed by atoms with Crippen LogP contribution in [0.15, 0.2) is 52.0 Å². The van der Waals surface area contributed by atoms with Gasteiger partial charge in [0.2, 0.25) is 0 Å². The predicted molar refractivity (Wildman–Crippen MR) is 115 cm³/mol. The van der Waals surface area contributed by atoms with Crippen LogP contribution in [-0.4, -0.2) is 5.91 Å². The molecule has 29 heavy (non-hydrogen) atoms. The number of hydrogen-bond donors (Lipinski definition) is 1. The van der Waals surface area contributed by atoms with Gasteiger partial charge in [-0.25, -0.2) is 0 Å². The maximum Gasteiger partial charge on any atom is 0.287 e. The Hall–Kier alpha value is -3.01. The average molecular weight is 392 g/mol. The molecular formula is C25H29NO3. The Morgan fingerprint density at radius 1 is 1.03 bits per heavy atom. The van der Waals surface area contributed by atoms with Crippen molar-refractivity contribution in [2.24, 2.45) is 0 Å². The zero-order chi connectivity index (χ0) is 21.1. The summed E-state index contributed by atoms with van der Waals surface area (Å²) < 4.78 is 11.3. The van der Waals surface area contributed by atoms with Crippen molar-refractivity contribution in [3.05, 3.63) is 93.8 Å². The summed E-state index contributed by atoms with van der Waals surface area (Å²) in [6.07, 6.45) is 4.60. The molecule has 4 heteroatoms. The third-order valence-corrected chi connectivity index (χ3v) is 5.99. The highest BCUT2D eigenvalue weighted by molar-refractivity contribution is 5.91. The molecule has 0 fully saturated rings. The van der Waals surface area contributed by atoms with Gasteiger partial charge in [-0.1, -0.05) is 6.08 Å². The summed E-state index contributed by atoms with van der Waals surface area (Å²) in [5, 5.41) is 2.96. The number of rotatable bonds is 7. The second kappa shape index (κ2) is 8.56.